The molecule has 0 saturated carbocycles. The summed E-state index contributed by atoms with van der Waals surface area (Å²) in [5.41, 5.74) is 0.105. The summed E-state index contributed by atoms with van der Waals surface area (Å²) in [5, 5.41) is 2.92. The Morgan fingerprint density at radius 1 is 1.14 bits per heavy atom. The van der Waals surface area contributed by atoms with Crippen molar-refractivity contribution in [1.82, 2.24) is 9.55 Å². The fourth-order valence-corrected chi connectivity index (χ4v) is 5.81. The van der Waals surface area contributed by atoms with Crippen LogP contribution < -0.4 is 10.1 Å². The number of benzene rings is 1. The zero-order valence-corrected chi connectivity index (χ0v) is 27.1. The van der Waals surface area contributed by atoms with Crippen LogP contribution in [-0.2, 0) is 36.0 Å². The molecule has 2 aliphatic rings. The highest BCUT2D eigenvalue weighted by Crippen LogP contribution is 2.44. The summed E-state index contributed by atoms with van der Waals surface area (Å²) in [5.74, 6) is -2.43. The molecule has 0 unspecified atom stereocenters. The van der Waals surface area contributed by atoms with E-state index in [1.165, 1.54) is 6.20 Å². The van der Waals surface area contributed by atoms with E-state index in [0.29, 0.717) is 44.1 Å². The van der Waals surface area contributed by atoms with Gasteiger partial charge in [0.15, 0.2) is 17.4 Å². The smallest absolute Gasteiger partial charge is 0.411 e. The van der Waals surface area contributed by atoms with Gasteiger partial charge in [0, 0.05) is 50.2 Å². The number of anilines is 1. The summed E-state index contributed by atoms with van der Waals surface area (Å²) >= 11 is 0. The Hall–Kier alpha value is -3.10. The van der Waals surface area contributed by atoms with Crippen molar-refractivity contribution in [1.29, 1.82) is 0 Å². The molecule has 2 fully saturated rings. The molecule has 2 aliphatic heterocycles. The summed E-state index contributed by atoms with van der Waals surface area (Å²) in [6.07, 6.45) is 2.48. The first-order valence-electron chi connectivity index (χ1n) is 14.8. The van der Waals surface area contributed by atoms with Crippen LogP contribution in [0.3, 0.4) is 0 Å². The average Bonchev–Trinajstić information content (AvgIpc) is 3.27. The van der Waals surface area contributed by atoms with E-state index in [4.69, 9.17) is 28.4 Å². The molecule has 44 heavy (non-hydrogen) atoms. The molecule has 0 aliphatic carbocycles. The van der Waals surface area contributed by atoms with Crippen LogP contribution in [0.5, 0.6) is 11.5 Å². The normalized spacial score (nSPS) is 17.3. The molecule has 13 heteroatoms. The van der Waals surface area contributed by atoms with Crippen molar-refractivity contribution in [2.75, 3.05) is 45.0 Å². The monoisotopic (exact) mass is 633 g/mol. The van der Waals surface area contributed by atoms with Gasteiger partial charge in [0.05, 0.1) is 43.6 Å². The van der Waals surface area contributed by atoms with Crippen LogP contribution in [0.4, 0.5) is 19.3 Å². The van der Waals surface area contributed by atoms with Gasteiger partial charge in [-0.1, -0.05) is 26.6 Å². The standard InChI is InChI=1S/C31H41F2N3O7Si/c1-20(2)43-31(17-40-18-31)22-13-36(19-38-9-10-44(4,5)6)28-26(22)25(7-8-34-28)42-27-23(32)11-21(12-24(27)33)35-29(37)41-16-30(3)14-39-15-30/h7-8,11-13,20H,9-10,14-19H2,1-6H3,(H,35,37). The van der Waals surface area contributed by atoms with Crippen molar-refractivity contribution in [2.24, 2.45) is 5.41 Å². The number of fused-ring (bicyclic) bond motifs is 1. The summed E-state index contributed by atoms with van der Waals surface area (Å²) in [4.78, 5) is 16.8. The van der Waals surface area contributed by atoms with Gasteiger partial charge < -0.3 is 33.0 Å². The Labute approximate surface area is 256 Å². The van der Waals surface area contributed by atoms with Gasteiger partial charge in [0.1, 0.15) is 30.3 Å². The van der Waals surface area contributed by atoms with E-state index in [2.05, 4.69) is 29.9 Å². The summed E-state index contributed by atoms with van der Waals surface area (Å²) in [6.45, 7) is 15.2. The Balaban J connectivity index is 1.42. The third kappa shape index (κ3) is 7.23. The van der Waals surface area contributed by atoms with Crippen LogP contribution in [0, 0.1) is 17.0 Å². The van der Waals surface area contributed by atoms with E-state index in [1.54, 1.807) is 6.07 Å². The highest BCUT2D eigenvalue weighted by Gasteiger charge is 2.45. The van der Waals surface area contributed by atoms with Crippen LogP contribution in [-0.4, -0.2) is 69.5 Å². The number of hydrogen-bond acceptors (Lipinski definition) is 8. The maximum Gasteiger partial charge on any atom is 0.411 e. The van der Waals surface area contributed by atoms with Gasteiger partial charge in [-0.25, -0.2) is 18.6 Å². The Kier molecular flexibility index (Phi) is 9.33. The number of carbonyl (C=O) groups excluding carboxylic acids is 1. The summed E-state index contributed by atoms with van der Waals surface area (Å²) in [6, 6.07) is 4.52. The molecule has 3 aromatic rings. The van der Waals surface area contributed by atoms with E-state index in [-0.39, 0.29) is 36.3 Å². The lowest BCUT2D eigenvalue weighted by Gasteiger charge is -2.42. The van der Waals surface area contributed by atoms with Crippen LogP contribution >= 0.6 is 0 Å². The fourth-order valence-electron chi connectivity index (χ4n) is 5.05. The SMILES string of the molecule is CC(C)OC1(c2cn(COCC[Si](C)(C)C)c3nccc(Oc4c(F)cc(NC(=O)OCC5(C)COC5)cc4F)c23)COC1. The first-order chi connectivity index (χ1) is 20.8. The van der Waals surface area contributed by atoms with E-state index in [1.807, 2.05) is 31.5 Å². The predicted octanol–water partition coefficient (Wildman–Crippen LogP) is 6.65. The lowest BCUT2D eigenvalue weighted by atomic mass is 9.90. The second kappa shape index (κ2) is 12.7. The minimum absolute atomic E-state index is 0.106. The number of halogens is 2. The molecule has 240 valence electrons. The van der Waals surface area contributed by atoms with E-state index in [0.717, 1.165) is 23.7 Å². The third-order valence-corrected chi connectivity index (χ3v) is 9.18. The molecule has 0 atom stereocenters. The molecule has 1 amide bonds. The first-order valence-corrected chi connectivity index (χ1v) is 18.5. The van der Waals surface area contributed by atoms with E-state index >= 15 is 8.78 Å². The number of nitrogens with zero attached hydrogens (tertiary/aromatic N) is 2. The highest BCUT2D eigenvalue weighted by molar-refractivity contribution is 6.76. The topological polar surface area (TPSA) is 102 Å². The molecular formula is C31H41F2N3O7Si. The van der Waals surface area contributed by atoms with Crippen molar-refractivity contribution in [3.63, 3.8) is 0 Å². The minimum Gasteiger partial charge on any atom is -0.450 e. The first kappa shape index (κ1) is 32.3. The quantitative estimate of drug-likeness (QED) is 0.165. The molecule has 2 aromatic heterocycles. The maximum atomic E-state index is 15.3. The summed E-state index contributed by atoms with van der Waals surface area (Å²) < 4.78 is 66.7. The van der Waals surface area contributed by atoms with Gasteiger partial charge in [-0.05, 0) is 26.0 Å². The lowest BCUT2D eigenvalue weighted by molar-refractivity contribution is -0.231. The number of aromatic nitrogens is 2. The van der Waals surface area contributed by atoms with Gasteiger partial charge in [-0.3, -0.25) is 5.32 Å². The van der Waals surface area contributed by atoms with Crippen molar-refractivity contribution < 1.29 is 42.0 Å². The van der Waals surface area contributed by atoms with Crippen LogP contribution in [0.15, 0.2) is 30.6 Å². The molecule has 10 nitrogen and oxygen atoms in total. The van der Waals surface area contributed by atoms with Gasteiger partial charge >= 0.3 is 6.09 Å². The van der Waals surface area contributed by atoms with Crippen LogP contribution in [0.25, 0.3) is 11.0 Å². The molecule has 1 aromatic carbocycles. The van der Waals surface area contributed by atoms with Crippen molar-refractivity contribution in [2.45, 2.75) is 64.9 Å². The Bertz CT molecular complexity index is 1480. The van der Waals surface area contributed by atoms with Crippen molar-refractivity contribution in [3.05, 3.63) is 47.8 Å². The van der Waals surface area contributed by atoms with Gasteiger partial charge in [0.25, 0.3) is 0 Å². The minimum atomic E-state index is -1.29. The van der Waals surface area contributed by atoms with Crippen LogP contribution in [0.2, 0.25) is 25.7 Å². The van der Waals surface area contributed by atoms with Gasteiger partial charge in [0.2, 0.25) is 0 Å². The predicted molar refractivity (Wildman–Crippen MR) is 163 cm³/mol. The second-order valence-corrected chi connectivity index (χ2v) is 19.0. The summed E-state index contributed by atoms with van der Waals surface area (Å²) in [7, 11) is -1.29. The number of carbonyl (C=O) groups is 1. The molecule has 4 heterocycles. The lowest BCUT2D eigenvalue weighted by Crippen LogP contribution is -2.50. The largest absolute Gasteiger partial charge is 0.450 e. The number of amides is 1. The van der Waals surface area contributed by atoms with Crippen molar-refractivity contribution in [3.8, 4) is 11.5 Å². The molecule has 0 spiro atoms. The zero-order valence-electron chi connectivity index (χ0n) is 26.1. The number of nitrogens with one attached hydrogen (secondary N) is 1. The Morgan fingerprint density at radius 3 is 2.39 bits per heavy atom. The third-order valence-electron chi connectivity index (χ3n) is 7.48. The molecule has 2 saturated heterocycles. The number of rotatable bonds is 13. The zero-order chi connectivity index (χ0) is 31.7. The van der Waals surface area contributed by atoms with Gasteiger partial charge in [-0.15, -0.1) is 0 Å². The van der Waals surface area contributed by atoms with E-state index in [9.17, 15) is 4.79 Å². The van der Waals surface area contributed by atoms with E-state index < -0.39 is 37.2 Å². The van der Waals surface area contributed by atoms with Gasteiger partial charge in [-0.2, -0.15) is 0 Å². The maximum absolute atomic E-state index is 15.3. The number of ether oxygens (including phenoxy) is 6. The molecule has 1 N–H and O–H groups in total. The molecule has 5 rings (SSSR count). The van der Waals surface area contributed by atoms with Crippen molar-refractivity contribution >= 4 is 30.9 Å². The molecule has 0 radical (unpaired) electrons. The number of pyridine rings is 1. The second-order valence-electron chi connectivity index (χ2n) is 13.4. The highest BCUT2D eigenvalue weighted by atomic mass is 28.3. The molecular weight excluding hydrogens is 592 g/mol. The average molecular weight is 634 g/mol. The fraction of sp³-hybridized carbons (Fsp3) is 0.548. The Morgan fingerprint density at radius 2 is 1.82 bits per heavy atom. The number of hydrogen-bond donors (Lipinski definition) is 1. The van der Waals surface area contributed by atoms with Crippen LogP contribution in [0.1, 0.15) is 26.3 Å². The molecule has 0 bridgehead atoms.